The van der Waals surface area contributed by atoms with Gasteiger partial charge in [0.15, 0.2) is 0 Å². The van der Waals surface area contributed by atoms with Crippen LogP contribution in [0.2, 0.25) is 0 Å². The topological polar surface area (TPSA) is 93.0 Å². The van der Waals surface area contributed by atoms with Crippen LogP contribution in [0, 0.1) is 0 Å². The van der Waals surface area contributed by atoms with E-state index in [0.29, 0.717) is 0 Å². The van der Waals surface area contributed by atoms with Crippen molar-refractivity contribution in [3.05, 3.63) is 60.7 Å². The van der Waals surface area contributed by atoms with Gasteiger partial charge in [0.25, 0.3) is 20.0 Å². The Kier molecular flexibility index (Phi) is 6.60. The fourth-order valence-corrected chi connectivity index (χ4v) is 4.97. The summed E-state index contributed by atoms with van der Waals surface area (Å²) in [5, 5.41) is 0. The molecule has 0 saturated carbocycles. The standard InChI is InChI=1S/C14H12N2O4S4/c17-23(18,13-7-3-1-4-8-13)15-11-21-22-12-16-24(19,20)14-9-5-2-6-10-14/h1-12H. The second-order valence-corrected chi connectivity index (χ2v) is 9.42. The van der Waals surface area contributed by atoms with Crippen molar-refractivity contribution in [3.8, 4) is 0 Å². The highest BCUT2D eigenvalue weighted by Crippen LogP contribution is 2.19. The van der Waals surface area contributed by atoms with Crippen LogP contribution in [0.15, 0.2) is 79.3 Å². The third-order valence-corrected chi connectivity index (χ3v) is 6.70. The third kappa shape index (κ3) is 5.48. The minimum atomic E-state index is -3.75. The molecule has 6 nitrogen and oxygen atoms in total. The maximum absolute atomic E-state index is 11.9. The smallest absolute Gasteiger partial charge is 0.199 e. The summed E-state index contributed by atoms with van der Waals surface area (Å²) in [6, 6.07) is 15.6. The summed E-state index contributed by atoms with van der Waals surface area (Å²) in [6.45, 7) is 0. The monoisotopic (exact) mass is 400 g/mol. The van der Waals surface area contributed by atoms with Gasteiger partial charge >= 0.3 is 0 Å². The Morgan fingerprint density at radius 1 is 0.625 bits per heavy atom. The Labute approximate surface area is 148 Å². The van der Waals surface area contributed by atoms with Gasteiger partial charge in [-0.05, 0) is 45.9 Å². The van der Waals surface area contributed by atoms with Gasteiger partial charge in [-0.1, -0.05) is 36.4 Å². The van der Waals surface area contributed by atoms with Crippen molar-refractivity contribution in [1.29, 1.82) is 0 Å². The molecule has 0 aliphatic heterocycles. The highest BCUT2D eigenvalue weighted by atomic mass is 33.1. The van der Waals surface area contributed by atoms with E-state index < -0.39 is 20.0 Å². The average Bonchev–Trinajstić information content (AvgIpc) is 2.59. The molecule has 0 spiro atoms. The minimum absolute atomic E-state index is 0.0900. The molecule has 0 radical (unpaired) electrons. The first-order valence-corrected chi connectivity index (χ1v) is 11.6. The number of benzene rings is 2. The predicted octanol–water partition coefficient (Wildman–Crippen LogP) is 3.20. The maximum atomic E-state index is 11.9. The molecule has 2 rings (SSSR count). The molecule has 0 bridgehead atoms. The van der Waals surface area contributed by atoms with Gasteiger partial charge in [-0.25, -0.2) is 0 Å². The van der Waals surface area contributed by atoms with Crippen molar-refractivity contribution in [2.75, 3.05) is 0 Å². The van der Waals surface area contributed by atoms with Gasteiger partial charge in [0.1, 0.15) is 0 Å². The quantitative estimate of drug-likeness (QED) is 0.307. The van der Waals surface area contributed by atoms with Crippen LogP contribution < -0.4 is 0 Å². The van der Waals surface area contributed by atoms with E-state index in [1.54, 1.807) is 36.4 Å². The second kappa shape index (κ2) is 8.47. The number of rotatable bonds is 7. The highest BCUT2D eigenvalue weighted by molar-refractivity contribution is 8.86. The fraction of sp³-hybridized carbons (Fsp3) is 0. The maximum Gasteiger partial charge on any atom is 0.282 e. The lowest BCUT2D eigenvalue weighted by Gasteiger charge is -1.97. The van der Waals surface area contributed by atoms with Crippen LogP contribution >= 0.6 is 21.6 Å². The van der Waals surface area contributed by atoms with Crippen LogP contribution in [0.1, 0.15) is 0 Å². The number of hydrogen-bond acceptors (Lipinski definition) is 6. The number of nitrogens with zero attached hydrogens (tertiary/aromatic N) is 2. The van der Waals surface area contributed by atoms with Crippen LogP contribution in [-0.4, -0.2) is 27.9 Å². The molecule has 0 unspecified atom stereocenters. The van der Waals surface area contributed by atoms with E-state index in [0.717, 1.165) is 32.7 Å². The van der Waals surface area contributed by atoms with E-state index in [9.17, 15) is 16.8 Å². The average molecular weight is 401 g/mol. The summed E-state index contributed by atoms with van der Waals surface area (Å²) in [6.07, 6.45) is 0. The van der Waals surface area contributed by atoms with E-state index in [-0.39, 0.29) is 9.79 Å². The molecule has 0 aromatic heterocycles. The molecular weight excluding hydrogens is 388 g/mol. The van der Waals surface area contributed by atoms with Crippen molar-refractivity contribution in [1.82, 2.24) is 0 Å². The first-order valence-electron chi connectivity index (χ1n) is 6.42. The highest BCUT2D eigenvalue weighted by Gasteiger charge is 2.11. The molecule has 0 atom stereocenters. The molecule has 24 heavy (non-hydrogen) atoms. The Bertz CT molecular complexity index is 846. The SMILES string of the molecule is O=S(=O)(N=CSSC=NS(=O)(=O)c1ccccc1)c1ccccc1. The van der Waals surface area contributed by atoms with Gasteiger partial charge in [-0.2, -0.15) is 25.6 Å². The molecular formula is C14H12N2O4S4. The predicted molar refractivity (Wildman–Crippen MR) is 99.4 cm³/mol. The van der Waals surface area contributed by atoms with E-state index in [4.69, 9.17) is 0 Å². The molecule has 2 aromatic carbocycles. The van der Waals surface area contributed by atoms with E-state index >= 15 is 0 Å². The molecule has 0 aliphatic rings. The van der Waals surface area contributed by atoms with Gasteiger partial charge < -0.3 is 0 Å². The van der Waals surface area contributed by atoms with E-state index in [1.807, 2.05) is 0 Å². The Morgan fingerprint density at radius 3 is 1.29 bits per heavy atom. The normalized spacial score (nSPS) is 12.8. The molecule has 0 aliphatic carbocycles. The Morgan fingerprint density at radius 2 is 0.958 bits per heavy atom. The molecule has 126 valence electrons. The minimum Gasteiger partial charge on any atom is -0.199 e. The van der Waals surface area contributed by atoms with Crippen molar-refractivity contribution in [2.24, 2.45) is 8.80 Å². The van der Waals surface area contributed by atoms with Gasteiger partial charge in [0, 0.05) is 0 Å². The van der Waals surface area contributed by atoms with Crippen LogP contribution in [0.3, 0.4) is 0 Å². The number of hydrogen-bond donors (Lipinski definition) is 0. The summed E-state index contributed by atoms with van der Waals surface area (Å²) in [4.78, 5) is 0.180. The summed E-state index contributed by atoms with van der Waals surface area (Å²) in [7, 11) is -5.61. The third-order valence-electron chi connectivity index (χ3n) is 2.59. The Hall–Kier alpha value is -1.62. The fourth-order valence-electron chi connectivity index (χ4n) is 1.50. The van der Waals surface area contributed by atoms with E-state index in [1.165, 1.54) is 24.3 Å². The zero-order valence-corrected chi connectivity index (χ0v) is 15.4. The molecule has 0 heterocycles. The summed E-state index contributed by atoms with van der Waals surface area (Å²) < 4.78 is 54.4. The van der Waals surface area contributed by atoms with Gasteiger partial charge in [-0.15, -0.1) is 0 Å². The molecule has 2 aromatic rings. The van der Waals surface area contributed by atoms with Gasteiger partial charge in [-0.3, -0.25) is 0 Å². The Balaban J connectivity index is 1.91. The summed E-state index contributed by atoms with van der Waals surface area (Å²) in [5.74, 6) is 0. The second-order valence-electron chi connectivity index (χ2n) is 4.19. The largest absolute Gasteiger partial charge is 0.282 e. The zero-order valence-electron chi connectivity index (χ0n) is 12.1. The van der Waals surface area contributed by atoms with Gasteiger partial charge in [0.2, 0.25) is 0 Å². The lowest BCUT2D eigenvalue weighted by Crippen LogP contribution is -1.96. The van der Waals surface area contributed by atoms with Crippen LogP contribution in [0.5, 0.6) is 0 Å². The first-order chi connectivity index (χ1) is 11.4. The summed E-state index contributed by atoms with van der Waals surface area (Å²) >= 11 is 0. The molecule has 0 fully saturated rings. The van der Waals surface area contributed by atoms with Gasteiger partial charge in [0.05, 0.1) is 20.9 Å². The molecule has 0 amide bonds. The van der Waals surface area contributed by atoms with Crippen molar-refractivity contribution < 1.29 is 16.8 Å². The molecule has 10 heteroatoms. The number of sulfonamides is 2. The van der Waals surface area contributed by atoms with E-state index in [2.05, 4.69) is 8.80 Å². The van der Waals surface area contributed by atoms with Crippen molar-refractivity contribution in [2.45, 2.75) is 9.79 Å². The van der Waals surface area contributed by atoms with Crippen molar-refractivity contribution in [3.63, 3.8) is 0 Å². The van der Waals surface area contributed by atoms with Crippen LogP contribution in [0.4, 0.5) is 0 Å². The lowest BCUT2D eigenvalue weighted by atomic mass is 10.4. The summed E-state index contributed by atoms with van der Waals surface area (Å²) in [5.41, 5.74) is 2.24. The first kappa shape index (κ1) is 18.7. The van der Waals surface area contributed by atoms with Crippen LogP contribution in [0.25, 0.3) is 0 Å². The molecule has 0 N–H and O–H groups in total. The zero-order chi connectivity index (χ0) is 17.5. The lowest BCUT2D eigenvalue weighted by molar-refractivity contribution is 0.596. The molecule has 0 saturated heterocycles. The van der Waals surface area contributed by atoms with Crippen molar-refractivity contribution >= 4 is 52.7 Å². The van der Waals surface area contributed by atoms with Crippen LogP contribution in [-0.2, 0) is 20.0 Å².